The summed E-state index contributed by atoms with van der Waals surface area (Å²) in [6, 6.07) is 15.6. The van der Waals surface area contributed by atoms with Crippen LogP contribution in [0, 0.1) is 0 Å². The van der Waals surface area contributed by atoms with Crippen molar-refractivity contribution in [2.24, 2.45) is 0 Å². The van der Waals surface area contributed by atoms with Gasteiger partial charge in [-0.1, -0.05) is 41.6 Å². The van der Waals surface area contributed by atoms with Gasteiger partial charge >= 0.3 is 0 Å². The Hall–Kier alpha value is -1.71. The average molecular weight is 287 g/mol. The van der Waals surface area contributed by atoms with Gasteiger partial charge in [0.15, 0.2) is 0 Å². The van der Waals surface area contributed by atoms with Crippen LogP contribution < -0.4 is 5.73 Å². The van der Waals surface area contributed by atoms with Crippen LogP contribution in [0.2, 0.25) is 5.02 Å². The lowest BCUT2D eigenvalue weighted by Crippen LogP contribution is -1.90. The third kappa shape index (κ3) is 2.39. The van der Waals surface area contributed by atoms with E-state index in [0.29, 0.717) is 5.69 Å². The summed E-state index contributed by atoms with van der Waals surface area (Å²) in [5.74, 6) is 0. The minimum atomic E-state index is 0.694. The molecule has 0 radical (unpaired) electrons. The molecule has 0 amide bonds. The lowest BCUT2D eigenvalue weighted by atomic mass is 10.2. The summed E-state index contributed by atoms with van der Waals surface area (Å²) in [7, 11) is 0. The maximum atomic E-state index is 6.20. The first-order valence-corrected chi connectivity index (χ1v) is 7.01. The van der Waals surface area contributed by atoms with E-state index in [1.165, 1.54) is 0 Å². The van der Waals surface area contributed by atoms with Gasteiger partial charge in [-0.25, -0.2) is 0 Å². The molecule has 4 heteroatoms. The second-order valence-electron chi connectivity index (χ2n) is 4.08. The van der Waals surface area contributed by atoms with Crippen LogP contribution in [0.1, 0.15) is 0 Å². The normalized spacial score (nSPS) is 10.8. The lowest BCUT2D eigenvalue weighted by molar-refractivity contribution is 1.38. The topological polar surface area (TPSA) is 38.9 Å². The van der Waals surface area contributed by atoms with Crippen molar-refractivity contribution in [2.75, 3.05) is 5.73 Å². The van der Waals surface area contributed by atoms with Gasteiger partial charge in [0.2, 0.25) is 0 Å². The quantitative estimate of drug-likeness (QED) is 0.699. The van der Waals surface area contributed by atoms with E-state index in [4.69, 9.17) is 17.3 Å². The lowest BCUT2D eigenvalue weighted by Gasteiger charge is -2.08. The number of fused-ring (bicyclic) bond motifs is 1. The van der Waals surface area contributed by atoms with Gasteiger partial charge < -0.3 is 5.73 Å². The second kappa shape index (κ2) is 5.11. The fourth-order valence-electron chi connectivity index (χ4n) is 1.90. The number of pyridine rings is 1. The van der Waals surface area contributed by atoms with Gasteiger partial charge in [-0.15, -0.1) is 0 Å². The minimum Gasteiger partial charge on any atom is -0.397 e. The van der Waals surface area contributed by atoms with E-state index in [-0.39, 0.29) is 0 Å². The molecule has 0 bridgehead atoms. The minimum absolute atomic E-state index is 0.694. The van der Waals surface area contributed by atoms with Crippen molar-refractivity contribution in [1.82, 2.24) is 4.98 Å². The van der Waals surface area contributed by atoms with Crippen molar-refractivity contribution >= 4 is 40.0 Å². The highest BCUT2D eigenvalue weighted by Gasteiger charge is 2.08. The van der Waals surface area contributed by atoms with Crippen molar-refractivity contribution in [1.29, 1.82) is 0 Å². The first-order chi connectivity index (χ1) is 9.25. The molecule has 2 aromatic carbocycles. The maximum Gasteiger partial charge on any atom is 0.0942 e. The molecule has 2 nitrogen and oxygen atoms in total. The molecule has 0 aliphatic heterocycles. The van der Waals surface area contributed by atoms with Gasteiger partial charge in [-0.05, 0) is 30.3 Å². The third-order valence-corrected chi connectivity index (χ3v) is 4.41. The molecule has 1 heterocycles. The van der Waals surface area contributed by atoms with E-state index in [0.717, 1.165) is 25.7 Å². The largest absolute Gasteiger partial charge is 0.397 e. The van der Waals surface area contributed by atoms with Crippen molar-refractivity contribution in [3.05, 3.63) is 59.8 Å². The summed E-state index contributed by atoms with van der Waals surface area (Å²) in [6.45, 7) is 0. The van der Waals surface area contributed by atoms with Crippen LogP contribution in [0.4, 0.5) is 5.69 Å². The molecule has 94 valence electrons. The Balaban J connectivity index is 2.12. The molecule has 0 atom stereocenters. The van der Waals surface area contributed by atoms with Crippen LogP contribution >= 0.6 is 23.4 Å². The number of nitrogens with zero attached hydrogens (tertiary/aromatic N) is 1. The van der Waals surface area contributed by atoms with Gasteiger partial charge in [0, 0.05) is 21.4 Å². The predicted octanol–water partition coefficient (Wildman–Crippen LogP) is 4.62. The van der Waals surface area contributed by atoms with Gasteiger partial charge in [0.05, 0.1) is 16.2 Å². The average Bonchev–Trinajstić information content (AvgIpc) is 2.44. The van der Waals surface area contributed by atoms with Crippen molar-refractivity contribution < 1.29 is 0 Å². The van der Waals surface area contributed by atoms with Crippen LogP contribution in [-0.4, -0.2) is 4.98 Å². The second-order valence-corrected chi connectivity index (χ2v) is 5.58. The zero-order valence-corrected chi connectivity index (χ0v) is 11.6. The molecule has 1 aromatic heterocycles. The SMILES string of the molecule is Nc1ccc(Sc2ccccc2Cl)c2cccnc12. The molecule has 3 aromatic rings. The van der Waals surface area contributed by atoms with Crippen LogP contribution in [0.5, 0.6) is 0 Å². The highest BCUT2D eigenvalue weighted by atomic mass is 35.5. The van der Waals surface area contributed by atoms with E-state index < -0.39 is 0 Å². The number of halogens is 1. The van der Waals surface area contributed by atoms with Gasteiger partial charge in [-0.2, -0.15) is 0 Å². The summed E-state index contributed by atoms with van der Waals surface area (Å²) in [5, 5.41) is 1.80. The van der Waals surface area contributed by atoms with E-state index in [1.54, 1.807) is 18.0 Å². The number of anilines is 1. The van der Waals surface area contributed by atoms with E-state index >= 15 is 0 Å². The molecular formula is C15H11ClN2S. The molecule has 19 heavy (non-hydrogen) atoms. The molecule has 0 unspecified atom stereocenters. The number of hydrogen-bond donors (Lipinski definition) is 1. The molecular weight excluding hydrogens is 276 g/mol. The number of hydrogen-bond acceptors (Lipinski definition) is 3. The standard InChI is InChI=1S/C15H11ClN2S/c16-11-5-1-2-6-14(11)19-13-8-7-12(17)15-10(13)4-3-9-18-15/h1-9H,17H2. The van der Waals surface area contributed by atoms with E-state index in [1.807, 2.05) is 48.5 Å². The molecule has 0 fully saturated rings. The van der Waals surface area contributed by atoms with Gasteiger partial charge in [0.25, 0.3) is 0 Å². The number of aromatic nitrogens is 1. The van der Waals surface area contributed by atoms with E-state index in [9.17, 15) is 0 Å². The monoisotopic (exact) mass is 286 g/mol. The van der Waals surface area contributed by atoms with Crippen LogP contribution in [0.25, 0.3) is 10.9 Å². The fraction of sp³-hybridized carbons (Fsp3) is 0. The Labute approximate surface area is 120 Å². The first-order valence-electron chi connectivity index (χ1n) is 5.81. The van der Waals surface area contributed by atoms with Crippen molar-refractivity contribution in [3.8, 4) is 0 Å². The summed E-state index contributed by atoms with van der Waals surface area (Å²) >= 11 is 7.82. The van der Waals surface area contributed by atoms with Gasteiger partial charge in [-0.3, -0.25) is 4.98 Å². The first kappa shape index (κ1) is 12.3. The highest BCUT2D eigenvalue weighted by molar-refractivity contribution is 7.99. The highest BCUT2D eigenvalue weighted by Crippen LogP contribution is 2.37. The Kier molecular flexibility index (Phi) is 3.32. The molecule has 0 spiro atoms. The maximum absolute atomic E-state index is 6.20. The Morgan fingerprint density at radius 2 is 1.79 bits per heavy atom. The van der Waals surface area contributed by atoms with Crippen molar-refractivity contribution in [2.45, 2.75) is 9.79 Å². The molecule has 0 aliphatic rings. The summed E-state index contributed by atoms with van der Waals surface area (Å²) < 4.78 is 0. The van der Waals surface area contributed by atoms with Crippen LogP contribution in [-0.2, 0) is 0 Å². The Morgan fingerprint density at radius 1 is 0.947 bits per heavy atom. The smallest absolute Gasteiger partial charge is 0.0942 e. The predicted molar refractivity (Wildman–Crippen MR) is 81.7 cm³/mol. The molecule has 2 N–H and O–H groups in total. The molecule has 0 aliphatic carbocycles. The van der Waals surface area contributed by atoms with Crippen LogP contribution in [0.15, 0.2) is 64.5 Å². The molecule has 0 saturated carbocycles. The van der Waals surface area contributed by atoms with Gasteiger partial charge in [0.1, 0.15) is 0 Å². The number of benzene rings is 2. The zero-order chi connectivity index (χ0) is 13.2. The zero-order valence-electron chi connectivity index (χ0n) is 10.0. The fourth-order valence-corrected chi connectivity index (χ4v) is 3.11. The third-order valence-electron chi connectivity index (χ3n) is 2.82. The number of nitrogen functional groups attached to an aromatic ring is 1. The van der Waals surface area contributed by atoms with E-state index in [2.05, 4.69) is 4.98 Å². The van der Waals surface area contributed by atoms with Crippen molar-refractivity contribution in [3.63, 3.8) is 0 Å². The molecule has 3 rings (SSSR count). The summed E-state index contributed by atoms with van der Waals surface area (Å²) in [6.07, 6.45) is 1.75. The molecule has 0 saturated heterocycles. The Bertz CT molecular complexity index is 743. The summed E-state index contributed by atoms with van der Waals surface area (Å²) in [4.78, 5) is 6.46. The van der Waals surface area contributed by atoms with Crippen LogP contribution in [0.3, 0.4) is 0 Å². The summed E-state index contributed by atoms with van der Waals surface area (Å²) in [5.41, 5.74) is 7.48. The Morgan fingerprint density at radius 3 is 2.63 bits per heavy atom. The number of nitrogens with two attached hydrogens (primary N) is 1. The number of rotatable bonds is 2.